The standard InChI is InChI=1S/C21H25N3O5.C3H8/c1-13(2)17(14(3)26-4)12-24-11-16(10-22-24)23-21(25)15-8-18(27-5)20-19(9-15)28-6-7-29-20;1-3-2/h8-11H,1,6-7,12H2,2-5H3,(H,23,25);3H2,1-2H3/b17-14-;. The molecule has 1 aliphatic rings. The van der Waals surface area contributed by atoms with Gasteiger partial charge in [-0.15, -0.1) is 0 Å². The minimum Gasteiger partial charge on any atom is -0.501 e. The van der Waals surface area contributed by atoms with Crippen molar-refractivity contribution in [2.45, 2.75) is 40.7 Å². The molecular formula is C24H33N3O5. The summed E-state index contributed by atoms with van der Waals surface area (Å²) in [7, 11) is 3.14. The Hall–Kier alpha value is -3.42. The van der Waals surface area contributed by atoms with Crippen molar-refractivity contribution in [2.75, 3.05) is 32.8 Å². The van der Waals surface area contributed by atoms with Gasteiger partial charge in [0.05, 0.1) is 38.4 Å². The summed E-state index contributed by atoms with van der Waals surface area (Å²) in [6.45, 7) is 13.4. The number of hydrogen-bond acceptors (Lipinski definition) is 6. The Bertz CT molecular complexity index is 961. The third kappa shape index (κ3) is 6.29. The molecule has 1 amide bonds. The topological polar surface area (TPSA) is 83.8 Å². The lowest BCUT2D eigenvalue weighted by Gasteiger charge is -2.21. The highest BCUT2D eigenvalue weighted by molar-refractivity contribution is 6.05. The van der Waals surface area contributed by atoms with E-state index in [4.69, 9.17) is 18.9 Å². The van der Waals surface area contributed by atoms with Crippen LogP contribution >= 0.6 is 0 Å². The predicted octanol–water partition coefficient (Wildman–Crippen LogP) is 4.83. The molecule has 174 valence electrons. The van der Waals surface area contributed by atoms with E-state index in [0.29, 0.717) is 48.3 Å². The minimum atomic E-state index is -0.302. The highest BCUT2D eigenvalue weighted by atomic mass is 16.6. The molecular weight excluding hydrogens is 410 g/mol. The van der Waals surface area contributed by atoms with Gasteiger partial charge in [-0.1, -0.05) is 26.8 Å². The zero-order valence-electron chi connectivity index (χ0n) is 19.8. The van der Waals surface area contributed by atoms with Crippen LogP contribution in [0.15, 0.2) is 48.0 Å². The van der Waals surface area contributed by atoms with Crippen molar-refractivity contribution in [1.82, 2.24) is 9.78 Å². The van der Waals surface area contributed by atoms with E-state index in [0.717, 1.165) is 16.9 Å². The summed E-state index contributed by atoms with van der Waals surface area (Å²) < 4.78 is 23.5. The molecule has 0 spiro atoms. The molecule has 0 saturated carbocycles. The van der Waals surface area contributed by atoms with E-state index in [1.54, 1.807) is 36.3 Å². The van der Waals surface area contributed by atoms with Crippen LogP contribution in [-0.4, -0.2) is 43.1 Å². The van der Waals surface area contributed by atoms with Crippen molar-refractivity contribution in [1.29, 1.82) is 0 Å². The van der Waals surface area contributed by atoms with Gasteiger partial charge in [-0.05, 0) is 31.6 Å². The number of nitrogens with zero attached hydrogens (tertiary/aromatic N) is 2. The maximum Gasteiger partial charge on any atom is 0.256 e. The van der Waals surface area contributed by atoms with Crippen LogP contribution in [0.4, 0.5) is 5.69 Å². The molecule has 0 aliphatic carbocycles. The number of amides is 1. The van der Waals surface area contributed by atoms with Crippen LogP contribution < -0.4 is 19.5 Å². The average molecular weight is 444 g/mol. The van der Waals surface area contributed by atoms with Crippen molar-refractivity contribution in [3.8, 4) is 17.2 Å². The van der Waals surface area contributed by atoms with Gasteiger partial charge in [-0.2, -0.15) is 5.10 Å². The van der Waals surface area contributed by atoms with Gasteiger partial charge < -0.3 is 24.3 Å². The van der Waals surface area contributed by atoms with E-state index in [9.17, 15) is 4.79 Å². The number of anilines is 1. The number of fused-ring (bicyclic) bond motifs is 1. The maximum absolute atomic E-state index is 12.7. The van der Waals surface area contributed by atoms with Gasteiger partial charge in [-0.3, -0.25) is 9.48 Å². The van der Waals surface area contributed by atoms with Crippen molar-refractivity contribution in [3.05, 3.63) is 53.6 Å². The van der Waals surface area contributed by atoms with Crippen molar-refractivity contribution in [3.63, 3.8) is 0 Å². The van der Waals surface area contributed by atoms with E-state index >= 15 is 0 Å². The number of benzene rings is 1. The van der Waals surface area contributed by atoms with Gasteiger partial charge in [-0.25, -0.2) is 0 Å². The smallest absolute Gasteiger partial charge is 0.256 e. The van der Waals surface area contributed by atoms with E-state index in [-0.39, 0.29) is 5.91 Å². The third-order valence-electron chi connectivity index (χ3n) is 4.55. The van der Waals surface area contributed by atoms with Crippen molar-refractivity contribution in [2.24, 2.45) is 0 Å². The summed E-state index contributed by atoms with van der Waals surface area (Å²) in [6.07, 6.45) is 4.59. The van der Waals surface area contributed by atoms with Gasteiger partial charge in [0, 0.05) is 17.3 Å². The Morgan fingerprint density at radius 3 is 2.53 bits per heavy atom. The second kappa shape index (κ2) is 11.8. The molecule has 8 heteroatoms. The minimum absolute atomic E-state index is 0.302. The van der Waals surface area contributed by atoms with Gasteiger partial charge in [0.15, 0.2) is 11.5 Å². The molecule has 2 aromatic rings. The van der Waals surface area contributed by atoms with Crippen LogP contribution in [-0.2, 0) is 11.3 Å². The Labute approximate surface area is 189 Å². The van der Waals surface area contributed by atoms with Crippen LogP contribution in [0.2, 0.25) is 0 Å². The Morgan fingerprint density at radius 2 is 1.91 bits per heavy atom. The van der Waals surface area contributed by atoms with Gasteiger partial charge in [0.2, 0.25) is 5.75 Å². The molecule has 3 rings (SSSR count). The first-order valence-electron chi connectivity index (χ1n) is 10.6. The number of ether oxygens (including phenoxy) is 4. The molecule has 1 aromatic carbocycles. The number of allylic oxidation sites excluding steroid dienone is 3. The number of carbonyl (C=O) groups is 1. The lowest BCUT2D eigenvalue weighted by atomic mass is 10.1. The quantitative estimate of drug-likeness (QED) is 0.488. The molecule has 0 atom stereocenters. The maximum atomic E-state index is 12.7. The number of methoxy groups -OCH3 is 2. The molecule has 1 aromatic heterocycles. The summed E-state index contributed by atoms with van der Waals surface area (Å²) >= 11 is 0. The molecule has 0 saturated heterocycles. The van der Waals surface area contributed by atoms with Crippen LogP contribution in [0.25, 0.3) is 0 Å². The van der Waals surface area contributed by atoms with Crippen LogP contribution in [0.3, 0.4) is 0 Å². The van der Waals surface area contributed by atoms with Crippen LogP contribution in [0, 0.1) is 0 Å². The van der Waals surface area contributed by atoms with E-state index in [2.05, 4.69) is 30.8 Å². The first kappa shape index (κ1) is 24.8. The Kier molecular flexibility index (Phi) is 9.19. The fourth-order valence-electron chi connectivity index (χ4n) is 2.95. The molecule has 1 aliphatic heterocycles. The van der Waals surface area contributed by atoms with E-state index in [1.807, 2.05) is 13.8 Å². The first-order chi connectivity index (χ1) is 15.3. The number of nitrogens with one attached hydrogen (secondary N) is 1. The van der Waals surface area contributed by atoms with Crippen LogP contribution in [0.5, 0.6) is 17.2 Å². The van der Waals surface area contributed by atoms with Gasteiger partial charge in [0.25, 0.3) is 5.91 Å². The van der Waals surface area contributed by atoms with Crippen molar-refractivity contribution < 1.29 is 23.7 Å². The van der Waals surface area contributed by atoms with Gasteiger partial charge >= 0.3 is 0 Å². The number of carbonyl (C=O) groups excluding carboxylic acids is 1. The third-order valence-corrected chi connectivity index (χ3v) is 4.55. The zero-order valence-corrected chi connectivity index (χ0v) is 19.8. The number of aromatic nitrogens is 2. The Balaban J connectivity index is 0.00000114. The fourth-order valence-corrected chi connectivity index (χ4v) is 2.95. The average Bonchev–Trinajstić information content (AvgIpc) is 3.23. The zero-order chi connectivity index (χ0) is 23.7. The summed E-state index contributed by atoms with van der Waals surface area (Å²) in [6, 6.07) is 3.26. The van der Waals surface area contributed by atoms with E-state index < -0.39 is 0 Å². The lowest BCUT2D eigenvalue weighted by molar-refractivity contribution is 0.102. The summed E-state index contributed by atoms with van der Waals surface area (Å²) in [4.78, 5) is 12.7. The highest BCUT2D eigenvalue weighted by Crippen LogP contribution is 2.40. The molecule has 0 radical (unpaired) electrons. The summed E-state index contributed by atoms with van der Waals surface area (Å²) in [5, 5.41) is 7.15. The van der Waals surface area contributed by atoms with Crippen LogP contribution in [0.1, 0.15) is 44.5 Å². The summed E-state index contributed by atoms with van der Waals surface area (Å²) in [5.41, 5.74) is 2.82. The van der Waals surface area contributed by atoms with Gasteiger partial charge in [0.1, 0.15) is 13.2 Å². The largest absolute Gasteiger partial charge is 0.501 e. The van der Waals surface area contributed by atoms with E-state index in [1.165, 1.54) is 13.5 Å². The normalized spacial score (nSPS) is 12.7. The molecule has 1 N–H and O–H groups in total. The molecule has 0 bridgehead atoms. The molecule has 32 heavy (non-hydrogen) atoms. The second-order valence-electron chi connectivity index (χ2n) is 7.31. The molecule has 0 fully saturated rings. The fraction of sp³-hybridized carbons (Fsp3) is 0.417. The van der Waals surface area contributed by atoms with Crippen molar-refractivity contribution >= 4 is 11.6 Å². The lowest BCUT2D eigenvalue weighted by Crippen LogP contribution is -2.18. The first-order valence-corrected chi connectivity index (χ1v) is 10.6. The molecule has 2 heterocycles. The molecule has 8 nitrogen and oxygen atoms in total. The number of hydrogen-bond donors (Lipinski definition) is 1. The summed E-state index contributed by atoms with van der Waals surface area (Å²) in [5.74, 6) is 1.93. The molecule has 0 unspecified atom stereocenters. The SMILES string of the molecule is C=C(C)/C(Cn1cc(NC(=O)c2cc(OC)c3c(c2)OCCO3)cn1)=C(/C)OC.CCC. The highest BCUT2D eigenvalue weighted by Gasteiger charge is 2.21. The monoisotopic (exact) mass is 443 g/mol. The number of rotatable bonds is 7. The predicted molar refractivity (Wildman–Crippen MR) is 125 cm³/mol. The second-order valence-corrected chi connectivity index (χ2v) is 7.31. The Morgan fingerprint density at radius 1 is 1.22 bits per heavy atom.